The Labute approximate surface area is 134 Å². The minimum absolute atomic E-state index is 0.380. The maximum Gasteiger partial charge on any atom is 0.0587 e. The summed E-state index contributed by atoms with van der Waals surface area (Å²) >= 11 is 2.03. The Morgan fingerprint density at radius 1 is 1.38 bits per heavy atom. The van der Waals surface area contributed by atoms with Gasteiger partial charge in [0.15, 0.2) is 0 Å². The molecule has 0 saturated heterocycles. The third-order valence-corrected chi connectivity index (χ3v) is 5.68. The minimum Gasteiger partial charge on any atom is -0.383 e. The summed E-state index contributed by atoms with van der Waals surface area (Å²) in [6.07, 6.45) is 3.82. The zero-order valence-electron chi connectivity index (χ0n) is 13.7. The van der Waals surface area contributed by atoms with Crippen LogP contribution < -0.4 is 5.32 Å². The van der Waals surface area contributed by atoms with Gasteiger partial charge in [-0.2, -0.15) is 0 Å². The van der Waals surface area contributed by atoms with E-state index in [0.29, 0.717) is 11.3 Å². The van der Waals surface area contributed by atoms with Gasteiger partial charge in [-0.3, -0.25) is 0 Å². The maximum absolute atomic E-state index is 5.13. The minimum atomic E-state index is 0.380. The molecular weight excluding hydrogens is 278 g/mol. The van der Waals surface area contributed by atoms with Crippen molar-refractivity contribution in [2.45, 2.75) is 43.9 Å². The van der Waals surface area contributed by atoms with Gasteiger partial charge in [0.05, 0.1) is 6.61 Å². The lowest BCUT2D eigenvalue weighted by molar-refractivity contribution is 0.185. The zero-order valence-corrected chi connectivity index (χ0v) is 14.5. The van der Waals surface area contributed by atoms with Gasteiger partial charge in [0.1, 0.15) is 0 Å². The second-order valence-corrected chi connectivity index (χ2v) is 7.54. The third kappa shape index (κ3) is 4.73. The molecule has 0 radical (unpaired) electrons. The smallest absolute Gasteiger partial charge is 0.0587 e. The molecule has 118 valence electrons. The number of nitrogens with one attached hydrogen (secondary N) is 1. The number of fused-ring (bicyclic) bond motifs is 1. The van der Waals surface area contributed by atoms with E-state index in [1.54, 1.807) is 12.7 Å². The van der Waals surface area contributed by atoms with Gasteiger partial charge in [0.2, 0.25) is 0 Å². The van der Waals surface area contributed by atoms with Crippen LogP contribution in [0.5, 0.6) is 0 Å². The van der Waals surface area contributed by atoms with Gasteiger partial charge in [-0.15, -0.1) is 11.8 Å². The quantitative estimate of drug-likeness (QED) is 0.687. The second-order valence-electron chi connectivity index (χ2n) is 6.48. The summed E-state index contributed by atoms with van der Waals surface area (Å²) in [7, 11) is 1.76. The summed E-state index contributed by atoms with van der Waals surface area (Å²) in [5.74, 6) is 1.96. The topological polar surface area (TPSA) is 21.3 Å². The van der Waals surface area contributed by atoms with E-state index in [0.717, 1.165) is 19.7 Å². The highest BCUT2D eigenvalue weighted by Crippen LogP contribution is 2.45. The lowest BCUT2D eigenvalue weighted by Gasteiger charge is -2.32. The average molecular weight is 308 g/mol. The highest BCUT2D eigenvalue weighted by Gasteiger charge is 2.31. The van der Waals surface area contributed by atoms with E-state index < -0.39 is 0 Å². The van der Waals surface area contributed by atoms with Gasteiger partial charge >= 0.3 is 0 Å². The number of rotatable bonds is 9. The molecule has 2 nitrogen and oxygen atoms in total. The molecule has 0 fully saturated rings. The molecule has 0 amide bonds. The van der Waals surface area contributed by atoms with Crippen LogP contribution in [-0.2, 0) is 4.74 Å². The molecule has 0 spiro atoms. The van der Waals surface area contributed by atoms with Crippen LogP contribution >= 0.6 is 11.8 Å². The van der Waals surface area contributed by atoms with Crippen LogP contribution in [-0.4, -0.2) is 32.6 Å². The van der Waals surface area contributed by atoms with Gasteiger partial charge in [-0.05, 0) is 35.8 Å². The van der Waals surface area contributed by atoms with Crippen LogP contribution in [0.4, 0.5) is 0 Å². The van der Waals surface area contributed by atoms with Gasteiger partial charge in [0, 0.05) is 30.8 Å². The predicted molar refractivity (Wildman–Crippen MR) is 92.3 cm³/mol. The van der Waals surface area contributed by atoms with Crippen molar-refractivity contribution >= 4 is 11.8 Å². The Balaban J connectivity index is 1.96. The summed E-state index contributed by atoms with van der Waals surface area (Å²) in [6.45, 7) is 7.58. The molecule has 1 aliphatic rings. The molecule has 2 rings (SSSR count). The third-order valence-electron chi connectivity index (χ3n) is 4.43. The van der Waals surface area contributed by atoms with Crippen LogP contribution in [0.1, 0.15) is 44.6 Å². The first-order chi connectivity index (χ1) is 10.2. The van der Waals surface area contributed by atoms with Crippen molar-refractivity contribution in [2.75, 3.05) is 32.6 Å². The second kappa shape index (κ2) is 8.21. The first kappa shape index (κ1) is 16.9. The molecule has 1 N–H and O–H groups in total. The van der Waals surface area contributed by atoms with E-state index in [1.807, 2.05) is 11.8 Å². The molecule has 0 saturated carbocycles. The molecule has 1 aliphatic heterocycles. The number of thioether (sulfide) groups is 1. The fraction of sp³-hybridized carbons (Fsp3) is 0.667. The van der Waals surface area contributed by atoms with Crippen molar-refractivity contribution in [3.63, 3.8) is 0 Å². The lowest BCUT2D eigenvalue weighted by atomic mass is 9.76. The van der Waals surface area contributed by atoms with Crippen LogP contribution in [0, 0.1) is 5.41 Å². The fourth-order valence-electron chi connectivity index (χ4n) is 3.42. The summed E-state index contributed by atoms with van der Waals surface area (Å²) in [5.41, 5.74) is 1.95. The molecule has 21 heavy (non-hydrogen) atoms. The van der Waals surface area contributed by atoms with Crippen molar-refractivity contribution in [3.8, 4) is 0 Å². The van der Waals surface area contributed by atoms with E-state index in [2.05, 4.69) is 43.4 Å². The molecular formula is C18H29NOS. The first-order valence-electron chi connectivity index (χ1n) is 8.10. The van der Waals surface area contributed by atoms with Crippen molar-refractivity contribution in [1.29, 1.82) is 0 Å². The van der Waals surface area contributed by atoms with Gasteiger partial charge < -0.3 is 10.1 Å². The highest BCUT2D eigenvalue weighted by molar-refractivity contribution is 7.99. The fourth-order valence-corrected chi connectivity index (χ4v) is 4.68. The van der Waals surface area contributed by atoms with E-state index in [4.69, 9.17) is 4.74 Å². The maximum atomic E-state index is 5.13. The SMILES string of the molecule is CCCC(C)(CNCCOC)CC1CSc2ccccc21. The van der Waals surface area contributed by atoms with Crippen molar-refractivity contribution < 1.29 is 4.74 Å². The summed E-state index contributed by atoms with van der Waals surface area (Å²) < 4.78 is 5.13. The summed E-state index contributed by atoms with van der Waals surface area (Å²) in [6, 6.07) is 8.94. The molecule has 0 aliphatic carbocycles. The van der Waals surface area contributed by atoms with Gasteiger partial charge in [0.25, 0.3) is 0 Å². The normalized spacial score (nSPS) is 20.2. The van der Waals surface area contributed by atoms with E-state index in [9.17, 15) is 0 Å². The first-order valence-corrected chi connectivity index (χ1v) is 9.08. The zero-order chi connectivity index (χ0) is 15.1. The number of ether oxygens (including phenoxy) is 1. The Morgan fingerprint density at radius 3 is 2.95 bits per heavy atom. The van der Waals surface area contributed by atoms with Gasteiger partial charge in [-0.25, -0.2) is 0 Å². The Kier molecular flexibility index (Phi) is 6.59. The molecule has 2 unspecified atom stereocenters. The molecule has 0 bridgehead atoms. The number of hydrogen-bond donors (Lipinski definition) is 1. The van der Waals surface area contributed by atoms with E-state index in [1.165, 1.54) is 29.9 Å². The standard InChI is InChI=1S/C18H29NOS/c1-4-9-18(2,14-19-10-11-20-3)12-15-13-21-17-8-6-5-7-16(15)17/h5-8,15,19H,4,9-14H2,1-3H3. The Morgan fingerprint density at radius 2 is 2.19 bits per heavy atom. The van der Waals surface area contributed by atoms with Gasteiger partial charge in [-0.1, -0.05) is 38.5 Å². The van der Waals surface area contributed by atoms with Crippen molar-refractivity contribution in [1.82, 2.24) is 5.32 Å². The summed E-state index contributed by atoms with van der Waals surface area (Å²) in [5, 5.41) is 3.58. The molecule has 1 heterocycles. The van der Waals surface area contributed by atoms with Crippen molar-refractivity contribution in [3.05, 3.63) is 29.8 Å². The number of methoxy groups -OCH3 is 1. The Bertz CT molecular complexity index is 437. The van der Waals surface area contributed by atoms with Crippen molar-refractivity contribution in [2.24, 2.45) is 5.41 Å². The monoisotopic (exact) mass is 307 g/mol. The largest absolute Gasteiger partial charge is 0.383 e. The number of benzene rings is 1. The predicted octanol–water partition coefficient (Wildman–Crippen LogP) is 4.31. The molecule has 1 aromatic rings. The van der Waals surface area contributed by atoms with Crippen LogP contribution in [0.25, 0.3) is 0 Å². The van der Waals surface area contributed by atoms with Crippen LogP contribution in [0.15, 0.2) is 29.2 Å². The molecule has 3 heteroatoms. The summed E-state index contributed by atoms with van der Waals surface area (Å²) in [4.78, 5) is 1.49. The number of hydrogen-bond acceptors (Lipinski definition) is 3. The van der Waals surface area contributed by atoms with E-state index in [-0.39, 0.29) is 0 Å². The highest BCUT2D eigenvalue weighted by atomic mass is 32.2. The lowest BCUT2D eigenvalue weighted by Crippen LogP contribution is -2.35. The van der Waals surface area contributed by atoms with Crippen LogP contribution in [0.3, 0.4) is 0 Å². The molecule has 0 aromatic heterocycles. The Hall–Kier alpha value is -0.510. The van der Waals surface area contributed by atoms with E-state index >= 15 is 0 Å². The molecule has 2 atom stereocenters. The average Bonchev–Trinajstić information content (AvgIpc) is 2.87. The van der Waals surface area contributed by atoms with Crippen LogP contribution in [0.2, 0.25) is 0 Å². The molecule has 1 aromatic carbocycles.